The number of urea groups is 1. The fourth-order valence-electron chi connectivity index (χ4n) is 2.29. The maximum absolute atomic E-state index is 12.8. The van der Waals surface area contributed by atoms with Crippen molar-refractivity contribution >= 4 is 11.8 Å². The van der Waals surface area contributed by atoms with E-state index in [1.807, 2.05) is 0 Å². The molecule has 0 unspecified atom stereocenters. The van der Waals surface area contributed by atoms with Crippen molar-refractivity contribution < 1.29 is 14.0 Å². The number of nitrogens with zero attached hydrogens (tertiary/aromatic N) is 1. The first-order valence-corrected chi connectivity index (χ1v) is 7.30. The first-order chi connectivity index (χ1) is 10.2. The molecule has 0 spiro atoms. The molecule has 5 heteroatoms. The Morgan fingerprint density at radius 1 is 1.14 bits per heavy atom. The lowest BCUT2D eigenvalue weighted by Gasteiger charge is -2.26. The largest absolute Gasteiger partial charge is 0.338 e. The van der Waals surface area contributed by atoms with Gasteiger partial charge >= 0.3 is 6.03 Å². The highest BCUT2D eigenvalue weighted by atomic mass is 19.1. The van der Waals surface area contributed by atoms with Crippen LogP contribution in [-0.2, 0) is 0 Å². The van der Waals surface area contributed by atoms with Crippen molar-refractivity contribution in [1.82, 2.24) is 10.2 Å². The van der Waals surface area contributed by atoms with Gasteiger partial charge in [-0.25, -0.2) is 9.18 Å². The highest BCUT2D eigenvalue weighted by Crippen LogP contribution is 2.08. The Morgan fingerprint density at radius 3 is 2.48 bits per heavy atom. The number of nitrogens with one attached hydrogen (secondary N) is 1. The molecule has 1 N–H and O–H groups in total. The fourth-order valence-corrected chi connectivity index (χ4v) is 2.29. The Bertz CT molecular complexity index is 482. The average Bonchev–Trinajstić information content (AvgIpc) is 2.52. The van der Waals surface area contributed by atoms with Crippen LogP contribution in [0.1, 0.15) is 36.0 Å². The van der Waals surface area contributed by atoms with Crippen LogP contribution in [0, 0.1) is 12.2 Å². The monoisotopic (exact) mass is 291 g/mol. The van der Waals surface area contributed by atoms with E-state index in [2.05, 4.69) is 11.7 Å². The van der Waals surface area contributed by atoms with E-state index in [1.54, 1.807) is 4.90 Å². The standard InChI is InChI=1S/C16H20FN2O2/c17-14-8-6-13(7-9-14)15(20)5-4-10-18-16(21)19-11-2-1-3-12-19/h1,6-9H,2-5,10-12H2,(H,18,21). The summed E-state index contributed by atoms with van der Waals surface area (Å²) in [5.41, 5.74) is 0.509. The number of hydrogen-bond acceptors (Lipinski definition) is 2. The molecule has 0 saturated carbocycles. The summed E-state index contributed by atoms with van der Waals surface area (Å²) in [6.07, 6.45) is 5.00. The third-order valence-electron chi connectivity index (χ3n) is 3.52. The van der Waals surface area contributed by atoms with E-state index in [0.717, 1.165) is 25.9 Å². The summed E-state index contributed by atoms with van der Waals surface area (Å²) in [5.74, 6) is -0.380. The van der Waals surface area contributed by atoms with Crippen molar-refractivity contribution in [3.63, 3.8) is 0 Å². The van der Waals surface area contributed by atoms with E-state index < -0.39 is 0 Å². The average molecular weight is 291 g/mol. The van der Waals surface area contributed by atoms with Gasteiger partial charge in [0, 0.05) is 31.6 Å². The Labute approximate surface area is 124 Å². The lowest BCUT2D eigenvalue weighted by atomic mass is 10.1. The molecule has 1 aliphatic rings. The van der Waals surface area contributed by atoms with Crippen LogP contribution >= 0.6 is 0 Å². The molecule has 0 atom stereocenters. The van der Waals surface area contributed by atoms with Crippen LogP contribution in [0.5, 0.6) is 0 Å². The molecular formula is C16H20FN2O2. The lowest BCUT2D eigenvalue weighted by molar-refractivity contribution is 0.0979. The van der Waals surface area contributed by atoms with Crippen molar-refractivity contribution in [2.24, 2.45) is 0 Å². The van der Waals surface area contributed by atoms with E-state index in [1.165, 1.54) is 24.3 Å². The summed E-state index contributed by atoms with van der Waals surface area (Å²) in [6.45, 7) is 2.01. The fraction of sp³-hybridized carbons (Fsp3) is 0.438. The topological polar surface area (TPSA) is 49.4 Å². The van der Waals surface area contributed by atoms with Crippen molar-refractivity contribution in [3.8, 4) is 0 Å². The van der Waals surface area contributed by atoms with Crippen molar-refractivity contribution in [1.29, 1.82) is 0 Å². The van der Waals surface area contributed by atoms with Gasteiger partial charge in [-0.05, 0) is 49.9 Å². The molecule has 1 fully saturated rings. The highest BCUT2D eigenvalue weighted by Gasteiger charge is 2.15. The van der Waals surface area contributed by atoms with Gasteiger partial charge in [-0.1, -0.05) is 0 Å². The molecule has 1 heterocycles. The van der Waals surface area contributed by atoms with Crippen molar-refractivity contribution in [2.45, 2.75) is 25.7 Å². The second-order valence-electron chi connectivity index (χ2n) is 5.12. The zero-order chi connectivity index (χ0) is 15.1. The third kappa shape index (κ3) is 4.85. The Balaban J connectivity index is 1.66. The maximum Gasteiger partial charge on any atom is 0.317 e. The quantitative estimate of drug-likeness (QED) is 0.670. The van der Waals surface area contributed by atoms with Gasteiger partial charge < -0.3 is 10.2 Å². The molecule has 1 aliphatic heterocycles. The zero-order valence-corrected chi connectivity index (χ0v) is 12.0. The minimum Gasteiger partial charge on any atom is -0.338 e. The Morgan fingerprint density at radius 2 is 1.81 bits per heavy atom. The van der Waals surface area contributed by atoms with E-state index in [4.69, 9.17) is 0 Å². The van der Waals surface area contributed by atoms with Gasteiger partial charge in [0.25, 0.3) is 0 Å². The Kier molecular flexibility index (Phi) is 5.72. The summed E-state index contributed by atoms with van der Waals surface area (Å²) < 4.78 is 12.8. The molecule has 1 radical (unpaired) electrons. The number of Topliss-reactive ketones (excluding diaryl/α,β-unsaturated/α-hetero) is 1. The van der Waals surface area contributed by atoms with Gasteiger partial charge in [0.1, 0.15) is 5.82 Å². The number of carbonyl (C=O) groups excluding carboxylic acids is 2. The first-order valence-electron chi connectivity index (χ1n) is 7.30. The van der Waals surface area contributed by atoms with Gasteiger partial charge in [0.05, 0.1) is 0 Å². The molecule has 1 saturated heterocycles. The van der Waals surface area contributed by atoms with Crippen LogP contribution in [0.4, 0.5) is 9.18 Å². The maximum atomic E-state index is 12.8. The van der Waals surface area contributed by atoms with Gasteiger partial charge in [0.15, 0.2) is 5.78 Å². The number of rotatable bonds is 5. The van der Waals surface area contributed by atoms with Gasteiger partial charge in [-0.3, -0.25) is 4.79 Å². The lowest BCUT2D eigenvalue weighted by Crippen LogP contribution is -2.43. The molecule has 1 aromatic rings. The van der Waals surface area contributed by atoms with Crippen LogP contribution in [0.15, 0.2) is 24.3 Å². The SMILES string of the molecule is O=C(CCCNC(=O)N1CC[CH]CC1)c1ccc(F)cc1. The molecule has 21 heavy (non-hydrogen) atoms. The smallest absolute Gasteiger partial charge is 0.317 e. The van der Waals surface area contributed by atoms with Crippen LogP contribution < -0.4 is 5.32 Å². The number of likely N-dealkylation sites (tertiary alicyclic amines) is 1. The van der Waals surface area contributed by atoms with E-state index in [9.17, 15) is 14.0 Å². The number of hydrogen-bond donors (Lipinski definition) is 1. The van der Waals surface area contributed by atoms with Crippen LogP contribution in [-0.4, -0.2) is 36.3 Å². The van der Waals surface area contributed by atoms with E-state index >= 15 is 0 Å². The number of amides is 2. The molecule has 2 amide bonds. The minimum absolute atomic E-state index is 0.0307. The summed E-state index contributed by atoms with van der Waals surface area (Å²) in [6, 6.07) is 5.48. The summed E-state index contributed by atoms with van der Waals surface area (Å²) in [4.78, 5) is 25.5. The first kappa shape index (κ1) is 15.5. The van der Waals surface area contributed by atoms with E-state index in [-0.39, 0.29) is 17.6 Å². The summed E-state index contributed by atoms with van der Waals surface area (Å²) in [7, 11) is 0. The predicted molar refractivity (Wildman–Crippen MR) is 78.5 cm³/mol. The van der Waals surface area contributed by atoms with Crippen LogP contribution in [0.2, 0.25) is 0 Å². The molecular weight excluding hydrogens is 271 g/mol. The van der Waals surface area contributed by atoms with Crippen molar-refractivity contribution in [2.75, 3.05) is 19.6 Å². The molecule has 113 valence electrons. The molecule has 0 aliphatic carbocycles. The predicted octanol–water partition coefficient (Wildman–Crippen LogP) is 2.80. The summed E-state index contributed by atoms with van der Waals surface area (Å²) >= 11 is 0. The Hall–Kier alpha value is -1.91. The second kappa shape index (κ2) is 7.76. The number of benzene rings is 1. The van der Waals surface area contributed by atoms with Crippen molar-refractivity contribution in [3.05, 3.63) is 42.1 Å². The molecule has 0 bridgehead atoms. The van der Waals surface area contributed by atoms with E-state index in [0.29, 0.717) is 24.9 Å². The molecule has 1 aromatic carbocycles. The normalized spacial score (nSPS) is 14.8. The van der Waals surface area contributed by atoms with Gasteiger partial charge in [-0.2, -0.15) is 0 Å². The number of halogens is 1. The van der Waals surface area contributed by atoms with Gasteiger partial charge in [0.2, 0.25) is 0 Å². The number of carbonyl (C=O) groups is 2. The zero-order valence-electron chi connectivity index (χ0n) is 12.0. The molecule has 2 rings (SSSR count). The van der Waals surface area contributed by atoms with Crippen LogP contribution in [0.3, 0.4) is 0 Å². The summed E-state index contributed by atoms with van der Waals surface area (Å²) in [5, 5.41) is 2.83. The second-order valence-corrected chi connectivity index (χ2v) is 5.12. The molecule has 4 nitrogen and oxygen atoms in total. The number of ketones is 1. The number of piperidine rings is 1. The minimum atomic E-state index is -0.349. The van der Waals surface area contributed by atoms with Crippen LogP contribution in [0.25, 0.3) is 0 Å². The molecule has 0 aromatic heterocycles. The van der Waals surface area contributed by atoms with Gasteiger partial charge in [-0.15, -0.1) is 0 Å². The third-order valence-corrected chi connectivity index (χ3v) is 3.52. The highest BCUT2D eigenvalue weighted by molar-refractivity contribution is 5.96.